The Kier molecular flexibility index (Phi) is 2.20. The van der Waals surface area contributed by atoms with Gasteiger partial charge in [-0.05, 0) is 6.08 Å². The molecule has 1 N–H and O–H groups in total. The molecule has 0 aliphatic carbocycles. The van der Waals surface area contributed by atoms with E-state index in [0.29, 0.717) is 0 Å². The number of allylic oxidation sites excluding steroid dienone is 1. The fourth-order valence-electron chi connectivity index (χ4n) is 0.710. The van der Waals surface area contributed by atoms with Crippen molar-refractivity contribution in [2.75, 3.05) is 6.54 Å². The molecule has 1 aliphatic heterocycles. The Bertz CT molecular complexity index is 245. The van der Waals surface area contributed by atoms with E-state index in [-0.39, 0.29) is 12.1 Å². The highest BCUT2D eigenvalue weighted by molar-refractivity contribution is 6.57. The van der Waals surface area contributed by atoms with Gasteiger partial charge in [-0.3, -0.25) is 4.99 Å². The summed E-state index contributed by atoms with van der Waals surface area (Å²) >= 11 is 11.2. The summed E-state index contributed by atoms with van der Waals surface area (Å²) in [6.07, 6.45) is 2.58. The molecule has 0 saturated carbocycles. The van der Waals surface area contributed by atoms with Crippen LogP contribution in [0.5, 0.6) is 0 Å². The molecule has 1 rings (SSSR count). The van der Waals surface area contributed by atoms with Crippen LogP contribution in [0.25, 0.3) is 0 Å². The van der Waals surface area contributed by atoms with Crippen molar-refractivity contribution in [1.29, 1.82) is 0 Å². The number of alkyl halides is 2. The highest BCUT2D eigenvalue weighted by Crippen LogP contribution is 2.24. The van der Waals surface area contributed by atoms with Crippen LogP contribution in [-0.2, 0) is 4.79 Å². The minimum absolute atomic E-state index is 0.123. The lowest BCUT2D eigenvalue weighted by Gasteiger charge is -2.13. The maximum absolute atomic E-state index is 10.4. The van der Waals surface area contributed by atoms with E-state index >= 15 is 0 Å². The molecule has 1 heterocycles. The fraction of sp³-hybridized carbons (Fsp3) is 0.333. The van der Waals surface area contributed by atoms with Crippen LogP contribution in [0.1, 0.15) is 0 Å². The summed E-state index contributed by atoms with van der Waals surface area (Å²) in [5, 5.41) is 8.51. The normalized spacial score (nSPS) is 21.1. The largest absolute Gasteiger partial charge is 0.478 e. The van der Waals surface area contributed by atoms with Gasteiger partial charge in [-0.15, -0.1) is 0 Å². The van der Waals surface area contributed by atoms with E-state index in [4.69, 9.17) is 28.3 Å². The van der Waals surface area contributed by atoms with Crippen molar-refractivity contribution >= 4 is 35.4 Å². The molecule has 0 spiro atoms. The van der Waals surface area contributed by atoms with Gasteiger partial charge in [0.05, 0.1) is 12.1 Å². The predicted molar refractivity (Wildman–Crippen MR) is 43.5 cm³/mol. The average Bonchev–Trinajstić information content (AvgIpc) is 1.85. The zero-order valence-electron chi connectivity index (χ0n) is 5.42. The van der Waals surface area contributed by atoms with Crippen molar-refractivity contribution in [3.8, 4) is 0 Å². The van der Waals surface area contributed by atoms with E-state index in [1.54, 1.807) is 0 Å². The third kappa shape index (κ3) is 2.20. The van der Waals surface area contributed by atoms with Crippen LogP contribution < -0.4 is 0 Å². The summed E-state index contributed by atoms with van der Waals surface area (Å²) in [6.45, 7) is 0.135. The second-order valence-corrected chi connectivity index (χ2v) is 3.56. The topological polar surface area (TPSA) is 49.7 Å². The van der Waals surface area contributed by atoms with Crippen LogP contribution in [0.15, 0.2) is 16.6 Å². The lowest BCUT2D eigenvalue weighted by atomic mass is 10.2. The lowest BCUT2D eigenvalue weighted by molar-refractivity contribution is -0.132. The number of nitrogens with zero attached hydrogens (tertiary/aromatic N) is 1. The predicted octanol–water partition coefficient (Wildman–Crippen LogP) is 1.26. The molecule has 1 aliphatic rings. The number of dihydropyridines is 1. The Labute approximate surface area is 73.3 Å². The SMILES string of the molecule is O=C(O)C1=CC(Cl)(Cl)C=NC1. The van der Waals surface area contributed by atoms with Crippen LogP contribution in [0.3, 0.4) is 0 Å². The van der Waals surface area contributed by atoms with E-state index in [1.165, 1.54) is 12.3 Å². The zero-order valence-corrected chi connectivity index (χ0v) is 6.93. The molecule has 60 valence electrons. The van der Waals surface area contributed by atoms with Crippen molar-refractivity contribution < 1.29 is 9.90 Å². The molecule has 0 unspecified atom stereocenters. The molecule has 0 aromatic carbocycles. The number of aliphatic imine (C=N–C) groups is 1. The molecule has 0 aromatic heterocycles. The fourth-order valence-corrected chi connectivity index (χ4v) is 1.11. The first-order chi connectivity index (χ1) is 5.01. The van der Waals surface area contributed by atoms with E-state index in [2.05, 4.69) is 4.99 Å². The maximum atomic E-state index is 10.4. The molecule has 0 bridgehead atoms. The summed E-state index contributed by atoms with van der Waals surface area (Å²) in [6, 6.07) is 0. The summed E-state index contributed by atoms with van der Waals surface area (Å²) < 4.78 is -1.26. The minimum Gasteiger partial charge on any atom is -0.478 e. The zero-order chi connectivity index (χ0) is 8.48. The molecule has 0 aromatic rings. The van der Waals surface area contributed by atoms with E-state index in [1.807, 2.05) is 0 Å². The molecular weight excluding hydrogens is 189 g/mol. The van der Waals surface area contributed by atoms with Gasteiger partial charge in [-0.1, -0.05) is 23.2 Å². The van der Waals surface area contributed by atoms with Gasteiger partial charge in [0.15, 0.2) is 4.33 Å². The molecule has 5 heteroatoms. The van der Waals surface area contributed by atoms with Crippen molar-refractivity contribution in [2.45, 2.75) is 4.33 Å². The van der Waals surface area contributed by atoms with Gasteiger partial charge >= 0.3 is 5.97 Å². The standard InChI is InChI=1S/C6H5Cl2NO2/c7-6(8)1-4(5(10)11)2-9-3-6/h1,3H,2H2,(H,10,11). The second-order valence-electron chi connectivity index (χ2n) is 2.12. The molecule has 11 heavy (non-hydrogen) atoms. The lowest BCUT2D eigenvalue weighted by Crippen LogP contribution is -2.20. The number of halogens is 2. The van der Waals surface area contributed by atoms with Gasteiger partial charge < -0.3 is 5.11 Å². The Morgan fingerprint density at radius 2 is 2.36 bits per heavy atom. The van der Waals surface area contributed by atoms with E-state index in [9.17, 15) is 4.79 Å². The third-order valence-electron chi connectivity index (χ3n) is 1.17. The summed E-state index contributed by atoms with van der Waals surface area (Å²) in [4.78, 5) is 14.1. The quantitative estimate of drug-likeness (QED) is 0.638. The Morgan fingerprint density at radius 3 is 2.73 bits per heavy atom. The molecule has 0 radical (unpaired) electrons. The molecular formula is C6H5Cl2NO2. The highest BCUT2D eigenvalue weighted by Gasteiger charge is 2.24. The molecule has 0 fully saturated rings. The Hall–Kier alpha value is -0.540. The summed E-state index contributed by atoms with van der Waals surface area (Å²) in [5.41, 5.74) is 0.123. The van der Waals surface area contributed by atoms with Crippen molar-refractivity contribution in [1.82, 2.24) is 0 Å². The minimum atomic E-state index is -1.26. The molecule has 0 amide bonds. The van der Waals surface area contributed by atoms with E-state index in [0.717, 1.165) is 0 Å². The number of carboxylic acid groups (broad SMARTS) is 1. The number of hydrogen-bond acceptors (Lipinski definition) is 2. The van der Waals surface area contributed by atoms with Crippen molar-refractivity contribution in [3.05, 3.63) is 11.6 Å². The number of carbonyl (C=O) groups is 1. The summed E-state index contributed by atoms with van der Waals surface area (Å²) in [7, 11) is 0. The van der Waals surface area contributed by atoms with Gasteiger partial charge in [-0.25, -0.2) is 4.79 Å². The van der Waals surface area contributed by atoms with E-state index < -0.39 is 10.3 Å². The second kappa shape index (κ2) is 2.83. The van der Waals surface area contributed by atoms with Gasteiger partial charge in [0, 0.05) is 6.21 Å². The number of carboxylic acids is 1. The van der Waals surface area contributed by atoms with Crippen LogP contribution in [0, 0.1) is 0 Å². The van der Waals surface area contributed by atoms with Crippen LogP contribution >= 0.6 is 23.2 Å². The number of hydrogen-bond donors (Lipinski definition) is 1. The molecule has 3 nitrogen and oxygen atoms in total. The first kappa shape index (κ1) is 8.56. The number of aliphatic carboxylic acids is 1. The highest BCUT2D eigenvalue weighted by atomic mass is 35.5. The van der Waals surface area contributed by atoms with Crippen LogP contribution in [0.4, 0.5) is 0 Å². The van der Waals surface area contributed by atoms with Crippen LogP contribution in [-0.4, -0.2) is 28.2 Å². The molecule has 0 atom stereocenters. The summed E-state index contributed by atoms with van der Waals surface area (Å²) in [5.74, 6) is -1.03. The monoisotopic (exact) mass is 193 g/mol. The first-order valence-electron chi connectivity index (χ1n) is 2.85. The molecule has 0 saturated heterocycles. The van der Waals surface area contributed by atoms with Crippen molar-refractivity contribution in [2.24, 2.45) is 4.99 Å². The Balaban J connectivity index is 2.86. The maximum Gasteiger partial charge on any atom is 0.333 e. The van der Waals surface area contributed by atoms with Gasteiger partial charge in [0.25, 0.3) is 0 Å². The third-order valence-corrected chi connectivity index (χ3v) is 1.58. The van der Waals surface area contributed by atoms with Gasteiger partial charge in [0.1, 0.15) is 0 Å². The van der Waals surface area contributed by atoms with Gasteiger partial charge in [0.2, 0.25) is 0 Å². The smallest absolute Gasteiger partial charge is 0.333 e. The average molecular weight is 194 g/mol. The van der Waals surface area contributed by atoms with Crippen LogP contribution in [0.2, 0.25) is 0 Å². The Morgan fingerprint density at radius 1 is 1.73 bits per heavy atom. The van der Waals surface area contributed by atoms with Crippen molar-refractivity contribution in [3.63, 3.8) is 0 Å². The first-order valence-corrected chi connectivity index (χ1v) is 3.61. The number of rotatable bonds is 1. The van der Waals surface area contributed by atoms with Gasteiger partial charge in [-0.2, -0.15) is 0 Å².